The number of hydrogen-bond acceptors (Lipinski definition) is 4. The molecule has 6 nitrogen and oxygen atoms in total. The first-order chi connectivity index (χ1) is 8.90. The van der Waals surface area contributed by atoms with Crippen molar-refractivity contribution < 1.29 is 14.8 Å². The summed E-state index contributed by atoms with van der Waals surface area (Å²) in [4.78, 5) is 22.4. The monoisotopic (exact) mass is 286 g/mol. The molecular weight excluding hydrogens is 272 g/mol. The number of halogens is 1. The zero-order chi connectivity index (χ0) is 14.4. The van der Waals surface area contributed by atoms with Crippen molar-refractivity contribution in [3.8, 4) is 0 Å². The van der Waals surface area contributed by atoms with Gasteiger partial charge >= 0.3 is 5.97 Å². The van der Waals surface area contributed by atoms with Gasteiger partial charge in [0.2, 0.25) is 0 Å². The van der Waals surface area contributed by atoms with Gasteiger partial charge in [0, 0.05) is 25.2 Å². The van der Waals surface area contributed by atoms with Crippen LogP contribution in [0.25, 0.3) is 0 Å². The molecule has 1 rings (SSSR count). The number of rotatable bonds is 7. The molecule has 0 aliphatic rings. The number of carboxylic acid groups (broad SMARTS) is 1. The van der Waals surface area contributed by atoms with E-state index in [1.165, 1.54) is 12.1 Å². The Kier molecular flexibility index (Phi) is 5.72. The Hall–Kier alpha value is -1.66. The van der Waals surface area contributed by atoms with Crippen LogP contribution in [0.5, 0.6) is 0 Å². The molecule has 7 heteroatoms. The Morgan fingerprint density at radius 1 is 1.58 bits per heavy atom. The maximum atomic E-state index is 10.7. The van der Waals surface area contributed by atoms with Crippen LogP contribution >= 0.6 is 11.6 Å². The molecule has 104 valence electrons. The van der Waals surface area contributed by atoms with E-state index in [-0.39, 0.29) is 12.1 Å². The van der Waals surface area contributed by atoms with Gasteiger partial charge in [0.1, 0.15) is 0 Å². The van der Waals surface area contributed by atoms with E-state index in [1.54, 1.807) is 24.1 Å². The molecule has 1 atom stereocenters. The van der Waals surface area contributed by atoms with Gasteiger partial charge in [-0.05, 0) is 12.6 Å². The lowest BCUT2D eigenvalue weighted by Gasteiger charge is -2.19. The summed E-state index contributed by atoms with van der Waals surface area (Å²) in [5.41, 5.74) is 0.648. The number of carbonyl (C=O) groups is 1. The van der Waals surface area contributed by atoms with Crippen molar-refractivity contribution >= 4 is 23.3 Å². The van der Waals surface area contributed by atoms with Gasteiger partial charge in [0.25, 0.3) is 5.69 Å². The Bertz CT molecular complexity index is 467. The number of nitrogens with zero attached hydrogens (tertiary/aromatic N) is 2. The molecule has 0 amide bonds. The minimum atomic E-state index is -0.867. The molecule has 1 unspecified atom stereocenters. The molecule has 0 aromatic heterocycles. The van der Waals surface area contributed by atoms with Gasteiger partial charge in [0.05, 0.1) is 16.7 Å². The largest absolute Gasteiger partial charge is 0.481 e. The molecule has 0 aliphatic carbocycles. The first kappa shape index (κ1) is 15.4. The lowest BCUT2D eigenvalue weighted by molar-refractivity contribution is -0.384. The van der Waals surface area contributed by atoms with Gasteiger partial charge in [0.15, 0.2) is 0 Å². The summed E-state index contributed by atoms with van der Waals surface area (Å²) in [5.74, 6) is -0.867. The molecule has 19 heavy (non-hydrogen) atoms. The summed E-state index contributed by atoms with van der Waals surface area (Å²) in [7, 11) is 1.76. The van der Waals surface area contributed by atoms with Crippen LogP contribution in [-0.2, 0) is 4.79 Å². The van der Waals surface area contributed by atoms with Gasteiger partial charge in [-0.15, -0.1) is 11.6 Å². The standard InChI is InChI=1S/C12H15ClN2O4/c1-14(6-5-12(16)17)8-11(13)9-3-2-4-10(7-9)15(18)19/h2-4,7,11H,5-6,8H2,1H3,(H,16,17). The second kappa shape index (κ2) is 7.06. The molecule has 0 heterocycles. The van der Waals surface area contributed by atoms with Gasteiger partial charge < -0.3 is 10.0 Å². The molecule has 1 N–H and O–H groups in total. The van der Waals surface area contributed by atoms with Gasteiger partial charge in [-0.3, -0.25) is 14.9 Å². The van der Waals surface area contributed by atoms with Gasteiger partial charge in [-0.1, -0.05) is 12.1 Å². The summed E-state index contributed by atoms with van der Waals surface area (Å²) in [5, 5.41) is 18.8. The summed E-state index contributed by atoms with van der Waals surface area (Å²) < 4.78 is 0. The summed E-state index contributed by atoms with van der Waals surface area (Å²) in [6.45, 7) is 0.809. The third-order valence-corrected chi connectivity index (χ3v) is 3.01. The van der Waals surface area contributed by atoms with Crippen LogP contribution in [0.2, 0.25) is 0 Å². The van der Waals surface area contributed by atoms with Crippen LogP contribution in [0.15, 0.2) is 24.3 Å². The summed E-state index contributed by atoms with van der Waals surface area (Å²) >= 11 is 6.18. The SMILES string of the molecule is CN(CCC(=O)O)CC(Cl)c1cccc([N+](=O)[O-])c1. The Morgan fingerprint density at radius 2 is 2.26 bits per heavy atom. The highest BCUT2D eigenvalue weighted by Gasteiger charge is 2.14. The molecule has 0 bridgehead atoms. The summed E-state index contributed by atoms with van der Waals surface area (Å²) in [6, 6.07) is 6.14. The highest BCUT2D eigenvalue weighted by atomic mass is 35.5. The fourth-order valence-electron chi connectivity index (χ4n) is 1.59. The lowest BCUT2D eigenvalue weighted by atomic mass is 10.1. The quantitative estimate of drug-likeness (QED) is 0.472. The predicted octanol–water partition coefficient (Wildman–Crippen LogP) is 2.28. The van der Waals surface area contributed by atoms with E-state index in [4.69, 9.17) is 16.7 Å². The van der Waals surface area contributed by atoms with Crippen LogP contribution in [0.1, 0.15) is 17.4 Å². The predicted molar refractivity (Wildman–Crippen MR) is 71.4 cm³/mol. The highest BCUT2D eigenvalue weighted by molar-refractivity contribution is 6.21. The van der Waals surface area contributed by atoms with Crippen LogP contribution in [0.4, 0.5) is 5.69 Å². The number of aliphatic carboxylic acids is 1. The molecule has 0 aliphatic heterocycles. The van der Waals surface area contributed by atoms with Crippen molar-refractivity contribution in [1.29, 1.82) is 0 Å². The number of benzene rings is 1. The van der Waals surface area contributed by atoms with Crippen molar-refractivity contribution in [3.63, 3.8) is 0 Å². The highest BCUT2D eigenvalue weighted by Crippen LogP contribution is 2.24. The van der Waals surface area contributed by atoms with E-state index >= 15 is 0 Å². The van der Waals surface area contributed by atoms with Crippen LogP contribution in [-0.4, -0.2) is 41.0 Å². The van der Waals surface area contributed by atoms with E-state index < -0.39 is 16.3 Å². The number of nitro benzene ring substituents is 1. The Balaban J connectivity index is 2.62. The maximum Gasteiger partial charge on any atom is 0.304 e. The summed E-state index contributed by atoms with van der Waals surface area (Å²) in [6.07, 6.45) is 0.0368. The second-order valence-corrected chi connectivity index (χ2v) is 4.75. The molecule has 1 aromatic carbocycles. The molecule has 0 radical (unpaired) electrons. The number of non-ortho nitro benzene ring substituents is 1. The van der Waals surface area contributed by atoms with E-state index in [1.807, 2.05) is 0 Å². The Morgan fingerprint density at radius 3 is 2.84 bits per heavy atom. The topological polar surface area (TPSA) is 83.7 Å². The number of alkyl halides is 1. The van der Waals surface area contributed by atoms with Crippen LogP contribution in [0.3, 0.4) is 0 Å². The number of hydrogen-bond donors (Lipinski definition) is 1. The second-order valence-electron chi connectivity index (χ2n) is 4.23. The smallest absolute Gasteiger partial charge is 0.304 e. The average molecular weight is 287 g/mol. The fourth-order valence-corrected chi connectivity index (χ4v) is 1.96. The third-order valence-electron chi connectivity index (χ3n) is 2.62. The first-order valence-electron chi connectivity index (χ1n) is 5.69. The van der Waals surface area contributed by atoms with Gasteiger partial charge in [-0.2, -0.15) is 0 Å². The number of nitro groups is 1. The molecule has 0 spiro atoms. The van der Waals surface area contributed by atoms with Gasteiger partial charge in [-0.25, -0.2) is 0 Å². The molecular formula is C12H15ClN2O4. The Labute approximate surface area is 115 Å². The van der Waals surface area contributed by atoms with E-state index in [9.17, 15) is 14.9 Å². The molecule has 0 saturated carbocycles. The van der Waals surface area contributed by atoms with Crippen molar-refractivity contribution in [2.45, 2.75) is 11.8 Å². The number of likely N-dealkylation sites (N-methyl/N-ethyl adjacent to an activating group) is 1. The van der Waals surface area contributed by atoms with Crippen molar-refractivity contribution in [2.24, 2.45) is 0 Å². The fraction of sp³-hybridized carbons (Fsp3) is 0.417. The normalized spacial score (nSPS) is 12.4. The van der Waals surface area contributed by atoms with Crippen molar-refractivity contribution in [2.75, 3.05) is 20.1 Å². The average Bonchev–Trinajstić information content (AvgIpc) is 2.36. The molecule has 0 saturated heterocycles. The third kappa shape index (κ3) is 5.23. The van der Waals surface area contributed by atoms with Crippen molar-refractivity contribution in [3.05, 3.63) is 39.9 Å². The minimum absolute atomic E-state index is 0.00339. The zero-order valence-electron chi connectivity index (χ0n) is 10.5. The maximum absolute atomic E-state index is 10.7. The van der Waals surface area contributed by atoms with Crippen molar-refractivity contribution in [1.82, 2.24) is 4.90 Å². The van der Waals surface area contributed by atoms with Crippen LogP contribution < -0.4 is 0 Å². The van der Waals surface area contributed by atoms with E-state index in [2.05, 4.69) is 0 Å². The molecule has 0 fully saturated rings. The minimum Gasteiger partial charge on any atom is -0.481 e. The van der Waals surface area contributed by atoms with E-state index in [0.717, 1.165) is 0 Å². The zero-order valence-corrected chi connectivity index (χ0v) is 11.2. The van der Waals surface area contributed by atoms with E-state index in [0.29, 0.717) is 18.7 Å². The first-order valence-corrected chi connectivity index (χ1v) is 6.12. The number of carboxylic acids is 1. The lowest BCUT2D eigenvalue weighted by Crippen LogP contribution is -2.25. The molecule has 1 aromatic rings. The van der Waals surface area contributed by atoms with Crippen LogP contribution in [0, 0.1) is 10.1 Å².